The summed E-state index contributed by atoms with van der Waals surface area (Å²) in [6.45, 7) is 4.24. The third-order valence-corrected chi connectivity index (χ3v) is 5.26. The van der Waals surface area contributed by atoms with Crippen molar-refractivity contribution in [3.05, 3.63) is 107 Å². The van der Waals surface area contributed by atoms with Gasteiger partial charge >= 0.3 is 0 Å². The highest BCUT2D eigenvalue weighted by atomic mass is 16.5. The van der Waals surface area contributed by atoms with Crippen molar-refractivity contribution >= 4 is 5.70 Å². The molecular formula is C24H22N2O. The van der Waals surface area contributed by atoms with Crippen molar-refractivity contribution in [2.45, 2.75) is 26.1 Å². The number of rotatable bonds is 2. The van der Waals surface area contributed by atoms with Gasteiger partial charge in [-0.05, 0) is 31.6 Å². The molecule has 0 saturated heterocycles. The minimum Gasteiger partial charge on any atom is -0.469 e. The number of hydrogen-bond donors (Lipinski definition) is 1. The molecule has 0 amide bonds. The molecule has 2 atom stereocenters. The third-order valence-electron chi connectivity index (χ3n) is 5.26. The van der Waals surface area contributed by atoms with Crippen LogP contribution in [0.5, 0.6) is 5.75 Å². The average Bonchev–Trinajstić information content (AvgIpc) is 3.14. The number of aryl methyl sites for hydroxylation is 2. The Morgan fingerprint density at radius 2 is 1.67 bits per heavy atom. The lowest BCUT2D eigenvalue weighted by Crippen LogP contribution is -2.43. The van der Waals surface area contributed by atoms with Crippen LogP contribution in [-0.2, 0) is 0 Å². The summed E-state index contributed by atoms with van der Waals surface area (Å²) < 4.78 is 6.46. The van der Waals surface area contributed by atoms with Crippen LogP contribution < -0.4 is 10.2 Å². The van der Waals surface area contributed by atoms with E-state index in [2.05, 4.69) is 97.1 Å². The van der Waals surface area contributed by atoms with Gasteiger partial charge in [-0.3, -0.25) is 0 Å². The number of hydrazine groups is 1. The summed E-state index contributed by atoms with van der Waals surface area (Å²) in [6, 6.07) is 25.6. The molecule has 134 valence electrons. The van der Waals surface area contributed by atoms with Crippen LogP contribution in [0.2, 0.25) is 0 Å². The molecule has 2 aliphatic rings. The molecule has 3 heteroatoms. The lowest BCUT2D eigenvalue weighted by Gasteiger charge is -2.39. The normalized spacial score (nSPS) is 20.9. The van der Waals surface area contributed by atoms with Gasteiger partial charge in [0.2, 0.25) is 0 Å². The lowest BCUT2D eigenvalue weighted by molar-refractivity contribution is -0.0327. The number of ether oxygens (including phenoxy) is 1. The number of benzene rings is 3. The number of nitrogens with zero attached hydrogens (tertiary/aromatic N) is 1. The quantitative estimate of drug-likeness (QED) is 0.676. The zero-order valence-electron chi connectivity index (χ0n) is 15.5. The van der Waals surface area contributed by atoms with E-state index in [1.54, 1.807) is 0 Å². The molecule has 0 spiro atoms. The third kappa shape index (κ3) is 2.81. The molecule has 1 N–H and O–H groups in total. The first-order valence-corrected chi connectivity index (χ1v) is 9.35. The van der Waals surface area contributed by atoms with E-state index in [9.17, 15) is 0 Å². The predicted octanol–water partition coefficient (Wildman–Crippen LogP) is 5.30. The van der Waals surface area contributed by atoms with Gasteiger partial charge in [-0.1, -0.05) is 77.9 Å². The molecule has 3 aromatic rings. The second-order valence-corrected chi connectivity index (χ2v) is 7.34. The van der Waals surface area contributed by atoms with Gasteiger partial charge in [0.1, 0.15) is 5.75 Å². The highest BCUT2D eigenvalue weighted by molar-refractivity contribution is 5.67. The zero-order valence-corrected chi connectivity index (χ0v) is 15.5. The first-order chi connectivity index (χ1) is 13.2. The van der Waals surface area contributed by atoms with Crippen molar-refractivity contribution < 1.29 is 4.74 Å². The van der Waals surface area contributed by atoms with Crippen molar-refractivity contribution in [1.29, 1.82) is 0 Å². The van der Waals surface area contributed by atoms with E-state index in [1.165, 1.54) is 22.3 Å². The summed E-state index contributed by atoms with van der Waals surface area (Å²) in [6.07, 6.45) is 2.13. The molecule has 0 fully saturated rings. The Kier molecular flexibility index (Phi) is 3.76. The second kappa shape index (κ2) is 6.29. The van der Waals surface area contributed by atoms with E-state index in [0.29, 0.717) is 0 Å². The molecule has 3 nitrogen and oxygen atoms in total. The van der Waals surface area contributed by atoms with Crippen molar-refractivity contribution in [2.24, 2.45) is 0 Å². The Balaban J connectivity index is 1.61. The van der Waals surface area contributed by atoms with Crippen LogP contribution >= 0.6 is 0 Å². The predicted molar refractivity (Wildman–Crippen MR) is 108 cm³/mol. The molecular weight excluding hydrogens is 332 g/mol. The van der Waals surface area contributed by atoms with Gasteiger partial charge in [0.15, 0.2) is 6.23 Å². The Labute approximate surface area is 159 Å². The van der Waals surface area contributed by atoms with Gasteiger partial charge in [-0.2, -0.15) is 5.01 Å². The van der Waals surface area contributed by atoms with E-state index >= 15 is 0 Å². The molecule has 0 radical (unpaired) electrons. The molecule has 0 aliphatic carbocycles. The topological polar surface area (TPSA) is 24.5 Å². The van der Waals surface area contributed by atoms with Gasteiger partial charge < -0.3 is 10.2 Å². The largest absolute Gasteiger partial charge is 0.469 e. The summed E-state index contributed by atoms with van der Waals surface area (Å²) in [4.78, 5) is 0. The Hall–Kier alpha value is -3.04. The molecule has 0 bridgehead atoms. The van der Waals surface area contributed by atoms with Crippen LogP contribution in [0.25, 0.3) is 5.70 Å². The SMILES string of the molecule is Cc1cccc(C2Oc3ccc(C)cc3C3C=C(c4ccccc4)NN32)c1. The van der Waals surface area contributed by atoms with E-state index in [1.807, 2.05) is 6.07 Å². The van der Waals surface area contributed by atoms with Crippen LogP contribution in [0.1, 0.15) is 40.1 Å². The van der Waals surface area contributed by atoms with Crippen molar-refractivity contribution in [2.75, 3.05) is 0 Å². The van der Waals surface area contributed by atoms with E-state index < -0.39 is 0 Å². The first-order valence-electron chi connectivity index (χ1n) is 9.35. The number of fused-ring (bicyclic) bond motifs is 3. The minimum atomic E-state index is -0.178. The van der Waals surface area contributed by atoms with Crippen LogP contribution in [-0.4, -0.2) is 5.01 Å². The maximum absolute atomic E-state index is 6.46. The Morgan fingerprint density at radius 1 is 0.852 bits per heavy atom. The second-order valence-electron chi connectivity index (χ2n) is 7.34. The summed E-state index contributed by atoms with van der Waals surface area (Å²) in [5.41, 5.74) is 10.8. The number of hydrogen-bond acceptors (Lipinski definition) is 3. The fourth-order valence-electron chi connectivity index (χ4n) is 3.94. The summed E-state index contributed by atoms with van der Waals surface area (Å²) in [5, 5.41) is 2.22. The van der Waals surface area contributed by atoms with E-state index in [4.69, 9.17) is 4.74 Å². The van der Waals surface area contributed by atoms with E-state index in [-0.39, 0.29) is 12.3 Å². The summed E-state index contributed by atoms with van der Waals surface area (Å²) in [5.74, 6) is 0.959. The van der Waals surface area contributed by atoms with Crippen LogP contribution in [0.3, 0.4) is 0 Å². The highest BCUT2D eigenvalue weighted by Crippen LogP contribution is 2.46. The average molecular weight is 354 g/mol. The molecule has 0 saturated carbocycles. The molecule has 2 heterocycles. The lowest BCUT2D eigenvalue weighted by atomic mass is 9.98. The molecule has 2 unspecified atom stereocenters. The maximum atomic E-state index is 6.46. The Morgan fingerprint density at radius 3 is 2.48 bits per heavy atom. The molecule has 27 heavy (non-hydrogen) atoms. The van der Waals surface area contributed by atoms with Crippen molar-refractivity contribution in [3.8, 4) is 5.75 Å². The van der Waals surface area contributed by atoms with Crippen molar-refractivity contribution in [1.82, 2.24) is 10.4 Å². The van der Waals surface area contributed by atoms with Gasteiger partial charge in [0.25, 0.3) is 0 Å². The van der Waals surface area contributed by atoms with Crippen LogP contribution in [0.15, 0.2) is 78.9 Å². The van der Waals surface area contributed by atoms with E-state index in [0.717, 1.165) is 17.0 Å². The molecule has 5 rings (SSSR count). The monoisotopic (exact) mass is 354 g/mol. The molecule has 0 aromatic heterocycles. The van der Waals surface area contributed by atoms with Gasteiger partial charge in [-0.15, -0.1) is 0 Å². The smallest absolute Gasteiger partial charge is 0.195 e. The van der Waals surface area contributed by atoms with Gasteiger partial charge in [-0.25, -0.2) is 0 Å². The van der Waals surface area contributed by atoms with Crippen molar-refractivity contribution in [3.63, 3.8) is 0 Å². The van der Waals surface area contributed by atoms with Gasteiger partial charge in [0, 0.05) is 11.1 Å². The first kappa shape index (κ1) is 16.2. The maximum Gasteiger partial charge on any atom is 0.195 e. The van der Waals surface area contributed by atoms with Crippen LogP contribution in [0.4, 0.5) is 0 Å². The zero-order chi connectivity index (χ0) is 18.4. The standard InChI is InChI=1S/C24H22N2O/c1-16-7-6-10-19(13-16)24-26-22(20-14-17(2)11-12-23(20)27-24)15-21(25-26)18-8-4-3-5-9-18/h3-15,22,24-25H,1-2H3. The summed E-state index contributed by atoms with van der Waals surface area (Å²) >= 11 is 0. The van der Waals surface area contributed by atoms with Gasteiger partial charge in [0.05, 0.1) is 11.7 Å². The fourth-order valence-corrected chi connectivity index (χ4v) is 3.94. The molecule has 2 aliphatic heterocycles. The summed E-state index contributed by atoms with van der Waals surface area (Å²) in [7, 11) is 0. The molecule has 3 aromatic carbocycles. The van der Waals surface area contributed by atoms with Crippen LogP contribution in [0, 0.1) is 13.8 Å². The Bertz CT molecular complexity index is 1030. The number of nitrogens with one attached hydrogen (secondary N) is 1. The fraction of sp³-hybridized carbons (Fsp3) is 0.167. The minimum absolute atomic E-state index is 0.134. The highest BCUT2D eigenvalue weighted by Gasteiger charge is 2.40.